The molecule has 0 spiro atoms. The molecule has 156 valence electrons. The van der Waals surface area contributed by atoms with Crippen LogP contribution in [0.5, 0.6) is 0 Å². The van der Waals surface area contributed by atoms with Crippen molar-refractivity contribution in [3.8, 4) is 0 Å². The van der Waals surface area contributed by atoms with Crippen molar-refractivity contribution in [2.45, 2.75) is 96.2 Å². The largest absolute Gasteiger partial charge is 0.392 e. The number of hydrogen-bond donors (Lipinski definition) is 3. The van der Waals surface area contributed by atoms with Gasteiger partial charge in [-0.2, -0.15) is 0 Å². The van der Waals surface area contributed by atoms with Crippen LogP contribution in [0, 0.1) is 11.8 Å². The summed E-state index contributed by atoms with van der Waals surface area (Å²) in [6.07, 6.45) is 11.5. The van der Waals surface area contributed by atoms with Crippen LogP contribution >= 0.6 is 0 Å². The van der Waals surface area contributed by atoms with Gasteiger partial charge in [-0.05, 0) is 32.6 Å². The Morgan fingerprint density at radius 3 is 2.59 bits per heavy atom. The number of rotatable bonds is 14. The Hall–Kier alpha value is -1.04. The van der Waals surface area contributed by atoms with Gasteiger partial charge in [-0.15, -0.1) is 0 Å². The van der Waals surface area contributed by atoms with Crippen LogP contribution in [-0.2, 0) is 9.59 Å². The maximum absolute atomic E-state index is 12.2. The van der Waals surface area contributed by atoms with E-state index in [4.69, 9.17) is 5.11 Å². The SMILES string of the molecule is CCCC[C@@](C)(O)C/C=C/[C@H]1[C@H](O)CC(=O)[C@@H]1CCCCCCC(=O)CO. The molecule has 0 heterocycles. The Kier molecular flexibility index (Phi) is 11.0. The van der Waals surface area contributed by atoms with Crippen LogP contribution in [0.2, 0.25) is 0 Å². The van der Waals surface area contributed by atoms with E-state index in [1.165, 1.54) is 0 Å². The summed E-state index contributed by atoms with van der Waals surface area (Å²) in [6, 6.07) is 0. The van der Waals surface area contributed by atoms with Crippen LogP contribution in [0.4, 0.5) is 0 Å². The molecular weight excluding hydrogens is 344 g/mol. The summed E-state index contributed by atoms with van der Waals surface area (Å²) in [5.74, 6) is -0.291. The van der Waals surface area contributed by atoms with Crippen molar-refractivity contribution in [2.24, 2.45) is 11.8 Å². The first-order valence-corrected chi connectivity index (χ1v) is 10.5. The van der Waals surface area contributed by atoms with Crippen LogP contribution in [0.1, 0.15) is 84.5 Å². The van der Waals surface area contributed by atoms with E-state index in [9.17, 15) is 19.8 Å². The minimum Gasteiger partial charge on any atom is -0.392 e. The summed E-state index contributed by atoms with van der Waals surface area (Å²) in [7, 11) is 0. The molecular formula is C22H38O5. The van der Waals surface area contributed by atoms with E-state index < -0.39 is 11.7 Å². The lowest BCUT2D eigenvalue weighted by Gasteiger charge is -2.22. The molecule has 0 aromatic carbocycles. The summed E-state index contributed by atoms with van der Waals surface area (Å²) < 4.78 is 0. The van der Waals surface area contributed by atoms with Gasteiger partial charge in [0.2, 0.25) is 0 Å². The van der Waals surface area contributed by atoms with Gasteiger partial charge in [-0.25, -0.2) is 0 Å². The highest BCUT2D eigenvalue weighted by atomic mass is 16.3. The first kappa shape index (κ1) is 24.0. The van der Waals surface area contributed by atoms with E-state index in [1.807, 2.05) is 19.1 Å². The fraction of sp³-hybridized carbons (Fsp3) is 0.818. The second-order valence-corrected chi connectivity index (χ2v) is 8.30. The van der Waals surface area contributed by atoms with Crippen molar-refractivity contribution in [1.82, 2.24) is 0 Å². The molecule has 0 saturated heterocycles. The van der Waals surface area contributed by atoms with Gasteiger partial charge >= 0.3 is 0 Å². The van der Waals surface area contributed by atoms with Crippen molar-refractivity contribution < 1.29 is 24.9 Å². The zero-order valence-corrected chi connectivity index (χ0v) is 17.0. The molecule has 1 rings (SSSR count). The first-order valence-electron chi connectivity index (χ1n) is 10.5. The molecule has 27 heavy (non-hydrogen) atoms. The molecule has 0 bridgehead atoms. The predicted octanol–water partition coefficient (Wildman–Crippen LogP) is 3.34. The molecule has 1 aliphatic carbocycles. The number of ketones is 2. The predicted molar refractivity (Wildman–Crippen MR) is 106 cm³/mol. The van der Waals surface area contributed by atoms with Gasteiger partial charge in [0.25, 0.3) is 0 Å². The standard InChI is InChI=1S/C22H38O5/c1-3-4-13-22(2,27)14-9-12-19-18(20(25)15-21(19)26)11-8-6-5-7-10-17(24)16-23/h9,12,18-19,21,23,26-27H,3-8,10-11,13-16H2,1-2H3/b12-9+/t18-,19-,21-,22-/m1/s1. The van der Waals surface area contributed by atoms with Gasteiger partial charge < -0.3 is 15.3 Å². The molecule has 4 atom stereocenters. The molecule has 0 radical (unpaired) electrons. The molecule has 3 N–H and O–H groups in total. The maximum atomic E-state index is 12.2. The van der Waals surface area contributed by atoms with E-state index in [-0.39, 0.29) is 36.4 Å². The molecule has 0 aromatic heterocycles. The Balaban J connectivity index is 2.42. The Bertz CT molecular complexity index is 483. The van der Waals surface area contributed by atoms with Crippen molar-refractivity contribution in [1.29, 1.82) is 0 Å². The minimum atomic E-state index is -0.735. The van der Waals surface area contributed by atoms with Gasteiger partial charge in [0.05, 0.1) is 11.7 Å². The number of unbranched alkanes of at least 4 members (excludes halogenated alkanes) is 4. The molecule has 1 saturated carbocycles. The third-order valence-electron chi connectivity index (χ3n) is 5.61. The topological polar surface area (TPSA) is 94.8 Å². The van der Waals surface area contributed by atoms with E-state index in [2.05, 4.69) is 6.92 Å². The zero-order valence-electron chi connectivity index (χ0n) is 17.0. The van der Waals surface area contributed by atoms with Gasteiger partial charge in [0.15, 0.2) is 5.78 Å². The lowest BCUT2D eigenvalue weighted by Crippen LogP contribution is -2.23. The number of Topliss-reactive ketones (excluding diaryl/α,β-unsaturated/α-hetero) is 2. The smallest absolute Gasteiger partial charge is 0.158 e. The molecule has 5 nitrogen and oxygen atoms in total. The summed E-state index contributed by atoms with van der Waals surface area (Å²) in [5.41, 5.74) is -0.735. The van der Waals surface area contributed by atoms with Crippen molar-refractivity contribution in [3.05, 3.63) is 12.2 Å². The van der Waals surface area contributed by atoms with Gasteiger partial charge in [-0.3, -0.25) is 9.59 Å². The monoisotopic (exact) mass is 382 g/mol. The number of aliphatic hydroxyl groups is 3. The number of aliphatic hydroxyl groups excluding tert-OH is 2. The second kappa shape index (κ2) is 12.4. The van der Waals surface area contributed by atoms with Gasteiger partial charge in [-0.1, -0.05) is 51.2 Å². The Morgan fingerprint density at radius 1 is 1.22 bits per heavy atom. The summed E-state index contributed by atoms with van der Waals surface area (Å²) in [4.78, 5) is 23.3. The normalized spacial score (nSPS) is 25.2. The van der Waals surface area contributed by atoms with E-state index in [0.717, 1.165) is 51.4 Å². The molecule has 0 aliphatic heterocycles. The summed E-state index contributed by atoms with van der Waals surface area (Å²) in [5, 5.41) is 29.3. The highest BCUT2D eigenvalue weighted by molar-refractivity contribution is 5.84. The average molecular weight is 383 g/mol. The molecule has 0 unspecified atom stereocenters. The van der Waals surface area contributed by atoms with Crippen molar-refractivity contribution in [2.75, 3.05) is 6.61 Å². The summed E-state index contributed by atoms with van der Waals surface area (Å²) in [6.45, 7) is 3.55. The minimum absolute atomic E-state index is 0.121. The lowest BCUT2D eigenvalue weighted by atomic mass is 9.87. The van der Waals surface area contributed by atoms with Crippen LogP contribution in [0.25, 0.3) is 0 Å². The quantitative estimate of drug-likeness (QED) is 0.316. The molecule has 0 amide bonds. The van der Waals surface area contributed by atoms with Crippen LogP contribution in [0.15, 0.2) is 12.2 Å². The van der Waals surface area contributed by atoms with E-state index in [1.54, 1.807) is 0 Å². The van der Waals surface area contributed by atoms with Crippen molar-refractivity contribution >= 4 is 11.6 Å². The third-order valence-corrected chi connectivity index (χ3v) is 5.61. The first-order chi connectivity index (χ1) is 12.8. The second-order valence-electron chi connectivity index (χ2n) is 8.30. The highest BCUT2D eigenvalue weighted by Crippen LogP contribution is 2.34. The molecule has 1 fully saturated rings. The van der Waals surface area contributed by atoms with E-state index >= 15 is 0 Å². The van der Waals surface area contributed by atoms with E-state index in [0.29, 0.717) is 12.8 Å². The Labute approximate surface area is 163 Å². The number of hydrogen-bond acceptors (Lipinski definition) is 5. The zero-order chi connectivity index (χ0) is 20.3. The molecule has 1 aliphatic rings. The number of carbonyl (C=O) groups is 2. The lowest BCUT2D eigenvalue weighted by molar-refractivity contribution is -0.122. The fourth-order valence-electron chi connectivity index (χ4n) is 3.85. The summed E-state index contributed by atoms with van der Waals surface area (Å²) >= 11 is 0. The highest BCUT2D eigenvalue weighted by Gasteiger charge is 2.39. The number of carbonyl (C=O) groups excluding carboxylic acids is 2. The van der Waals surface area contributed by atoms with Crippen LogP contribution in [-0.4, -0.2) is 45.2 Å². The maximum Gasteiger partial charge on any atom is 0.158 e. The average Bonchev–Trinajstić information content (AvgIpc) is 2.89. The van der Waals surface area contributed by atoms with Crippen LogP contribution in [0.3, 0.4) is 0 Å². The Morgan fingerprint density at radius 2 is 1.93 bits per heavy atom. The van der Waals surface area contributed by atoms with Crippen molar-refractivity contribution in [3.63, 3.8) is 0 Å². The van der Waals surface area contributed by atoms with Gasteiger partial charge in [0.1, 0.15) is 12.4 Å². The van der Waals surface area contributed by atoms with Gasteiger partial charge in [0, 0.05) is 24.7 Å². The van der Waals surface area contributed by atoms with Crippen LogP contribution < -0.4 is 0 Å². The fourth-order valence-corrected chi connectivity index (χ4v) is 3.85. The molecule has 0 aromatic rings. The third kappa shape index (κ3) is 9.13. The molecule has 5 heteroatoms.